The van der Waals surface area contributed by atoms with Crippen LogP contribution in [0, 0.1) is 0 Å². The zero-order chi connectivity index (χ0) is 19.3. The van der Waals surface area contributed by atoms with E-state index in [-0.39, 0.29) is 12.6 Å². The molecule has 2 aliphatic heterocycles. The predicted molar refractivity (Wildman–Crippen MR) is 106 cm³/mol. The summed E-state index contributed by atoms with van der Waals surface area (Å²) in [6, 6.07) is 15.4. The molecule has 0 aliphatic carbocycles. The third kappa shape index (κ3) is 2.42. The topological polar surface area (TPSA) is 79.0 Å². The van der Waals surface area contributed by atoms with E-state index >= 15 is 0 Å². The van der Waals surface area contributed by atoms with Gasteiger partial charge in [0.15, 0.2) is 5.54 Å². The van der Waals surface area contributed by atoms with Crippen molar-refractivity contribution in [3.8, 4) is 28.4 Å². The van der Waals surface area contributed by atoms with Gasteiger partial charge in [-0.1, -0.05) is 17.7 Å². The SMILES string of the molecule is COc1ccc2c(c1)C1(COC(N)=N1)c1cc(-c3cccnc3Cl)ccc1O2. The maximum Gasteiger partial charge on any atom is 0.283 e. The number of fused-ring (bicyclic) bond motifs is 4. The standard InChI is InChI=1S/C21H16ClN3O3/c1-26-13-5-7-18-16(10-13)21(11-27-20(23)25-21)15-9-12(4-6-17(15)28-18)14-3-2-8-24-19(14)22/h2-10H,11H2,1H3,(H2,23,25). The highest BCUT2D eigenvalue weighted by molar-refractivity contribution is 6.32. The largest absolute Gasteiger partial charge is 0.497 e. The van der Waals surface area contributed by atoms with Crippen molar-refractivity contribution < 1.29 is 14.2 Å². The van der Waals surface area contributed by atoms with Crippen LogP contribution in [0.5, 0.6) is 17.2 Å². The summed E-state index contributed by atoms with van der Waals surface area (Å²) in [4.78, 5) is 8.86. The van der Waals surface area contributed by atoms with Crippen molar-refractivity contribution in [1.29, 1.82) is 0 Å². The van der Waals surface area contributed by atoms with Crippen molar-refractivity contribution in [2.24, 2.45) is 10.7 Å². The average molecular weight is 394 g/mol. The van der Waals surface area contributed by atoms with Crippen LogP contribution in [0.25, 0.3) is 11.1 Å². The number of amidine groups is 1. The Morgan fingerprint density at radius 2 is 1.89 bits per heavy atom. The summed E-state index contributed by atoms with van der Waals surface area (Å²) in [7, 11) is 1.62. The molecule has 0 bridgehead atoms. The van der Waals surface area contributed by atoms with Gasteiger partial charge in [-0.3, -0.25) is 0 Å². The number of pyridine rings is 1. The Morgan fingerprint density at radius 3 is 2.61 bits per heavy atom. The van der Waals surface area contributed by atoms with Gasteiger partial charge in [0.25, 0.3) is 6.02 Å². The molecular formula is C21H16ClN3O3. The fourth-order valence-corrected chi connectivity index (χ4v) is 3.96. The Morgan fingerprint density at radius 1 is 1.11 bits per heavy atom. The summed E-state index contributed by atoms with van der Waals surface area (Å²) < 4.78 is 17.2. The van der Waals surface area contributed by atoms with E-state index < -0.39 is 5.54 Å². The summed E-state index contributed by atoms with van der Waals surface area (Å²) in [5.74, 6) is 2.10. The molecule has 1 spiro atoms. The van der Waals surface area contributed by atoms with Gasteiger partial charge in [-0.25, -0.2) is 9.98 Å². The number of aliphatic imine (C=N–C) groups is 1. The minimum absolute atomic E-state index is 0.145. The van der Waals surface area contributed by atoms with Crippen molar-refractivity contribution >= 4 is 17.6 Å². The van der Waals surface area contributed by atoms with Gasteiger partial charge in [0.1, 0.15) is 29.0 Å². The number of ether oxygens (including phenoxy) is 3. The van der Waals surface area contributed by atoms with E-state index in [1.165, 1.54) is 0 Å². The van der Waals surface area contributed by atoms with Gasteiger partial charge in [-0.15, -0.1) is 0 Å². The minimum atomic E-state index is -0.813. The fourth-order valence-electron chi connectivity index (χ4n) is 3.73. The Kier molecular flexibility index (Phi) is 3.70. The molecule has 7 heteroatoms. The number of nitrogens with two attached hydrogens (primary N) is 1. The molecule has 0 radical (unpaired) electrons. The lowest BCUT2D eigenvalue weighted by Gasteiger charge is -2.34. The average Bonchev–Trinajstić information content (AvgIpc) is 3.11. The molecule has 2 aliphatic rings. The number of benzene rings is 2. The maximum absolute atomic E-state index is 6.31. The van der Waals surface area contributed by atoms with Gasteiger partial charge in [0.05, 0.1) is 7.11 Å². The van der Waals surface area contributed by atoms with Gasteiger partial charge < -0.3 is 19.9 Å². The molecule has 28 heavy (non-hydrogen) atoms. The molecule has 1 unspecified atom stereocenters. The first-order chi connectivity index (χ1) is 13.6. The summed E-state index contributed by atoms with van der Waals surface area (Å²) in [5, 5.41) is 0.431. The highest BCUT2D eigenvalue weighted by atomic mass is 35.5. The van der Waals surface area contributed by atoms with E-state index in [0.717, 1.165) is 22.3 Å². The number of halogens is 1. The summed E-state index contributed by atoms with van der Waals surface area (Å²) in [6.07, 6.45) is 1.66. The lowest BCUT2D eigenvalue weighted by atomic mass is 9.80. The molecular weight excluding hydrogens is 378 g/mol. The molecule has 1 aromatic heterocycles. The molecule has 1 atom stereocenters. The minimum Gasteiger partial charge on any atom is -0.497 e. The highest BCUT2D eigenvalue weighted by Gasteiger charge is 2.47. The molecule has 3 heterocycles. The van der Waals surface area contributed by atoms with Crippen LogP contribution in [0.2, 0.25) is 5.15 Å². The number of hydrogen-bond acceptors (Lipinski definition) is 6. The first-order valence-corrected chi connectivity index (χ1v) is 9.08. The van der Waals surface area contributed by atoms with Crippen LogP contribution in [-0.4, -0.2) is 24.7 Å². The molecule has 3 aromatic rings. The van der Waals surface area contributed by atoms with Crippen molar-refractivity contribution in [1.82, 2.24) is 4.98 Å². The smallest absolute Gasteiger partial charge is 0.283 e. The van der Waals surface area contributed by atoms with Crippen molar-refractivity contribution in [2.75, 3.05) is 13.7 Å². The van der Waals surface area contributed by atoms with Gasteiger partial charge in [0.2, 0.25) is 0 Å². The zero-order valence-corrected chi connectivity index (χ0v) is 15.7. The number of aromatic nitrogens is 1. The van der Waals surface area contributed by atoms with Crippen LogP contribution < -0.4 is 15.2 Å². The molecule has 0 saturated heterocycles. The van der Waals surface area contributed by atoms with E-state index in [2.05, 4.69) is 9.98 Å². The van der Waals surface area contributed by atoms with Crippen LogP contribution in [0.1, 0.15) is 11.1 Å². The first-order valence-electron chi connectivity index (χ1n) is 8.71. The Balaban J connectivity index is 1.75. The molecule has 0 fully saturated rings. The zero-order valence-electron chi connectivity index (χ0n) is 15.0. The lowest BCUT2D eigenvalue weighted by Crippen LogP contribution is -2.31. The van der Waals surface area contributed by atoms with E-state index in [1.807, 2.05) is 48.5 Å². The number of methoxy groups -OCH3 is 1. The van der Waals surface area contributed by atoms with Crippen LogP contribution in [0.15, 0.2) is 59.7 Å². The molecule has 5 rings (SSSR count). The van der Waals surface area contributed by atoms with Crippen LogP contribution in [0.4, 0.5) is 0 Å². The number of hydrogen-bond donors (Lipinski definition) is 1. The second-order valence-corrected chi connectivity index (χ2v) is 6.97. The monoisotopic (exact) mass is 393 g/mol. The maximum atomic E-state index is 6.31. The van der Waals surface area contributed by atoms with Crippen LogP contribution in [-0.2, 0) is 10.3 Å². The van der Waals surface area contributed by atoms with E-state index in [9.17, 15) is 0 Å². The van der Waals surface area contributed by atoms with E-state index in [4.69, 9.17) is 31.5 Å². The molecule has 140 valence electrons. The van der Waals surface area contributed by atoms with E-state index in [0.29, 0.717) is 22.4 Å². The molecule has 2 N–H and O–H groups in total. The number of rotatable bonds is 2. The van der Waals surface area contributed by atoms with Gasteiger partial charge >= 0.3 is 0 Å². The Bertz CT molecular complexity index is 1130. The van der Waals surface area contributed by atoms with Crippen molar-refractivity contribution in [2.45, 2.75) is 5.54 Å². The normalized spacial score (nSPS) is 19.3. The number of nitrogens with zero attached hydrogens (tertiary/aromatic N) is 2. The third-order valence-corrected chi connectivity index (χ3v) is 5.38. The lowest BCUT2D eigenvalue weighted by molar-refractivity contribution is 0.264. The van der Waals surface area contributed by atoms with E-state index in [1.54, 1.807) is 13.3 Å². The van der Waals surface area contributed by atoms with Gasteiger partial charge in [-0.2, -0.15) is 0 Å². The van der Waals surface area contributed by atoms with Crippen molar-refractivity contribution in [3.05, 3.63) is 71.0 Å². The van der Waals surface area contributed by atoms with Gasteiger partial charge in [0, 0.05) is 22.9 Å². The molecule has 0 amide bonds. The summed E-state index contributed by atoms with van der Waals surface area (Å²) >= 11 is 6.31. The molecule has 6 nitrogen and oxygen atoms in total. The molecule has 0 saturated carbocycles. The Labute approximate surface area is 166 Å². The quantitative estimate of drug-likeness (QED) is 0.663. The second-order valence-electron chi connectivity index (χ2n) is 6.62. The van der Waals surface area contributed by atoms with Crippen molar-refractivity contribution in [3.63, 3.8) is 0 Å². The second kappa shape index (κ2) is 6.14. The molecule has 2 aromatic carbocycles. The summed E-state index contributed by atoms with van der Waals surface area (Å²) in [6.45, 7) is 0.277. The Hall–Kier alpha value is -3.25. The first kappa shape index (κ1) is 16.9. The fraction of sp³-hybridized carbons (Fsp3) is 0.143. The third-order valence-electron chi connectivity index (χ3n) is 5.08. The van der Waals surface area contributed by atoms with Gasteiger partial charge in [-0.05, 0) is 48.0 Å². The highest BCUT2D eigenvalue weighted by Crippen LogP contribution is 2.52. The predicted octanol–water partition coefficient (Wildman–Crippen LogP) is 4.10. The van der Waals surface area contributed by atoms with Crippen LogP contribution >= 0.6 is 11.6 Å². The van der Waals surface area contributed by atoms with Crippen LogP contribution in [0.3, 0.4) is 0 Å². The summed E-state index contributed by atoms with van der Waals surface area (Å²) in [5.41, 5.74) is 8.54.